The van der Waals surface area contributed by atoms with Gasteiger partial charge in [0.05, 0.1) is 5.92 Å². The summed E-state index contributed by atoms with van der Waals surface area (Å²) in [6, 6.07) is 8.72. The van der Waals surface area contributed by atoms with Crippen molar-refractivity contribution in [2.75, 3.05) is 0 Å². The molecule has 0 saturated carbocycles. The highest BCUT2D eigenvalue weighted by atomic mass is 16.1. The zero-order chi connectivity index (χ0) is 15.4. The molecule has 0 spiro atoms. The number of carbonyl (C=O) groups excluding carboxylic acids is 1. The van der Waals surface area contributed by atoms with E-state index in [1.807, 2.05) is 13.0 Å². The Bertz CT molecular complexity index is 615. The van der Waals surface area contributed by atoms with Crippen molar-refractivity contribution in [2.24, 2.45) is 5.73 Å². The summed E-state index contributed by atoms with van der Waals surface area (Å²) in [4.78, 5) is 11.5. The zero-order valence-electron chi connectivity index (χ0n) is 13.3. The highest BCUT2D eigenvalue weighted by Crippen LogP contribution is 2.31. The summed E-state index contributed by atoms with van der Waals surface area (Å²) in [5, 5.41) is 1.14. The van der Waals surface area contributed by atoms with Gasteiger partial charge < -0.3 is 10.3 Å². The Morgan fingerprint density at radius 1 is 1.24 bits per heavy atom. The van der Waals surface area contributed by atoms with E-state index >= 15 is 0 Å². The molecule has 0 fully saturated rings. The second kappa shape index (κ2) is 6.79. The lowest BCUT2D eigenvalue weighted by atomic mass is 10.0. The SMILES string of the molecule is CCCCCC(C)n1cc(C(C)C(N)=O)c2ccccc21. The third-order valence-electron chi connectivity index (χ3n) is 4.36. The normalized spacial score (nSPS) is 14.2. The highest BCUT2D eigenvalue weighted by Gasteiger charge is 2.19. The van der Waals surface area contributed by atoms with Crippen molar-refractivity contribution < 1.29 is 4.79 Å². The molecule has 3 nitrogen and oxygen atoms in total. The summed E-state index contributed by atoms with van der Waals surface area (Å²) in [6.07, 6.45) is 7.04. The second-order valence-electron chi connectivity index (χ2n) is 5.98. The summed E-state index contributed by atoms with van der Waals surface area (Å²) in [7, 11) is 0. The molecule has 21 heavy (non-hydrogen) atoms. The van der Waals surface area contributed by atoms with Crippen LogP contribution in [-0.4, -0.2) is 10.5 Å². The topological polar surface area (TPSA) is 48.0 Å². The molecule has 114 valence electrons. The van der Waals surface area contributed by atoms with E-state index in [9.17, 15) is 4.79 Å². The van der Waals surface area contributed by atoms with Gasteiger partial charge in [-0.1, -0.05) is 44.4 Å². The molecule has 1 aromatic heterocycles. The van der Waals surface area contributed by atoms with Gasteiger partial charge in [0, 0.05) is 23.1 Å². The molecule has 0 saturated heterocycles. The number of para-hydroxylation sites is 1. The molecule has 1 amide bonds. The molecule has 0 aliphatic rings. The fraction of sp³-hybridized carbons (Fsp3) is 0.500. The van der Waals surface area contributed by atoms with E-state index < -0.39 is 0 Å². The quantitative estimate of drug-likeness (QED) is 0.755. The van der Waals surface area contributed by atoms with Crippen molar-refractivity contribution >= 4 is 16.8 Å². The van der Waals surface area contributed by atoms with Gasteiger partial charge in [0.25, 0.3) is 0 Å². The lowest BCUT2D eigenvalue weighted by Gasteiger charge is -2.15. The average Bonchev–Trinajstić information content (AvgIpc) is 2.86. The molecule has 0 radical (unpaired) electrons. The van der Waals surface area contributed by atoms with Gasteiger partial charge in [-0.15, -0.1) is 0 Å². The van der Waals surface area contributed by atoms with Gasteiger partial charge in [-0.2, -0.15) is 0 Å². The van der Waals surface area contributed by atoms with Gasteiger partial charge in [0.1, 0.15) is 0 Å². The Hall–Kier alpha value is -1.77. The summed E-state index contributed by atoms with van der Waals surface area (Å²) in [5.41, 5.74) is 7.74. The smallest absolute Gasteiger partial charge is 0.224 e. The molecule has 0 aliphatic carbocycles. The van der Waals surface area contributed by atoms with Crippen LogP contribution in [0.25, 0.3) is 10.9 Å². The number of aromatic nitrogens is 1. The van der Waals surface area contributed by atoms with E-state index in [1.165, 1.54) is 24.8 Å². The maximum atomic E-state index is 11.5. The van der Waals surface area contributed by atoms with Crippen LogP contribution in [0.5, 0.6) is 0 Å². The van der Waals surface area contributed by atoms with Crippen LogP contribution in [0.1, 0.15) is 64.0 Å². The Kier molecular flexibility index (Phi) is 5.05. The van der Waals surface area contributed by atoms with E-state index in [0.717, 1.165) is 17.4 Å². The number of primary amides is 1. The number of carbonyl (C=O) groups is 1. The van der Waals surface area contributed by atoms with Crippen molar-refractivity contribution in [3.63, 3.8) is 0 Å². The van der Waals surface area contributed by atoms with E-state index in [1.54, 1.807) is 0 Å². The Balaban J connectivity index is 2.38. The van der Waals surface area contributed by atoms with Crippen LogP contribution in [0.2, 0.25) is 0 Å². The van der Waals surface area contributed by atoms with Crippen molar-refractivity contribution in [1.29, 1.82) is 0 Å². The number of hydrogen-bond donors (Lipinski definition) is 1. The molecule has 1 aromatic carbocycles. The van der Waals surface area contributed by atoms with Gasteiger partial charge in [0.15, 0.2) is 0 Å². The van der Waals surface area contributed by atoms with Gasteiger partial charge >= 0.3 is 0 Å². The van der Waals surface area contributed by atoms with Crippen LogP contribution in [0.15, 0.2) is 30.5 Å². The van der Waals surface area contributed by atoms with Crippen LogP contribution in [0.3, 0.4) is 0 Å². The van der Waals surface area contributed by atoms with E-state index in [4.69, 9.17) is 5.73 Å². The van der Waals surface area contributed by atoms with Gasteiger partial charge in [-0.25, -0.2) is 0 Å². The molecule has 2 unspecified atom stereocenters. The number of unbranched alkanes of at least 4 members (excludes halogenated alkanes) is 2. The molecule has 0 aliphatic heterocycles. The third kappa shape index (κ3) is 3.29. The summed E-state index contributed by atoms with van der Waals surface area (Å²) < 4.78 is 2.31. The first-order valence-electron chi connectivity index (χ1n) is 7.95. The van der Waals surface area contributed by atoms with Crippen LogP contribution in [0, 0.1) is 0 Å². The zero-order valence-corrected chi connectivity index (χ0v) is 13.3. The summed E-state index contributed by atoms with van der Waals surface area (Å²) in [5.74, 6) is -0.518. The molecular formula is C18H26N2O. The number of rotatable bonds is 7. The Morgan fingerprint density at radius 2 is 1.95 bits per heavy atom. The number of nitrogens with zero attached hydrogens (tertiary/aromatic N) is 1. The molecule has 2 N–H and O–H groups in total. The highest BCUT2D eigenvalue weighted by molar-refractivity contribution is 5.91. The first-order valence-corrected chi connectivity index (χ1v) is 7.95. The van der Waals surface area contributed by atoms with Crippen molar-refractivity contribution in [2.45, 2.75) is 58.4 Å². The van der Waals surface area contributed by atoms with Crippen molar-refractivity contribution in [3.05, 3.63) is 36.0 Å². The largest absolute Gasteiger partial charge is 0.369 e. The van der Waals surface area contributed by atoms with Gasteiger partial charge in [-0.3, -0.25) is 4.79 Å². The number of hydrogen-bond acceptors (Lipinski definition) is 1. The van der Waals surface area contributed by atoms with Crippen molar-refractivity contribution in [3.8, 4) is 0 Å². The predicted octanol–water partition coefficient (Wildman–Crippen LogP) is 4.37. The minimum Gasteiger partial charge on any atom is -0.369 e. The lowest BCUT2D eigenvalue weighted by Crippen LogP contribution is -2.18. The maximum Gasteiger partial charge on any atom is 0.224 e. The Labute approximate surface area is 127 Å². The number of amides is 1. The second-order valence-corrected chi connectivity index (χ2v) is 5.98. The van der Waals surface area contributed by atoms with Gasteiger partial charge in [0.2, 0.25) is 5.91 Å². The third-order valence-corrected chi connectivity index (χ3v) is 4.36. The molecule has 1 heterocycles. The molecule has 3 heteroatoms. The van der Waals surface area contributed by atoms with Crippen LogP contribution < -0.4 is 5.73 Å². The minimum absolute atomic E-state index is 0.251. The van der Waals surface area contributed by atoms with Crippen LogP contribution >= 0.6 is 0 Å². The molecule has 2 aromatic rings. The van der Waals surface area contributed by atoms with Crippen LogP contribution in [-0.2, 0) is 4.79 Å². The van der Waals surface area contributed by atoms with E-state index in [2.05, 4.69) is 42.8 Å². The van der Waals surface area contributed by atoms with Crippen LogP contribution in [0.4, 0.5) is 0 Å². The minimum atomic E-state index is -0.267. The van der Waals surface area contributed by atoms with Crippen molar-refractivity contribution in [1.82, 2.24) is 4.57 Å². The fourth-order valence-corrected chi connectivity index (χ4v) is 2.92. The van der Waals surface area contributed by atoms with Gasteiger partial charge in [-0.05, 0) is 31.9 Å². The lowest BCUT2D eigenvalue weighted by molar-refractivity contribution is -0.119. The molecule has 0 bridgehead atoms. The standard InChI is InChI=1S/C18H26N2O/c1-4-5-6-9-13(2)20-12-16(14(3)18(19)21)15-10-7-8-11-17(15)20/h7-8,10-14H,4-6,9H2,1-3H3,(H2,19,21). The molecule has 2 rings (SSSR count). The predicted molar refractivity (Wildman–Crippen MR) is 88.4 cm³/mol. The Morgan fingerprint density at radius 3 is 2.62 bits per heavy atom. The van der Waals surface area contributed by atoms with E-state index in [-0.39, 0.29) is 11.8 Å². The summed E-state index contributed by atoms with van der Waals surface area (Å²) in [6.45, 7) is 6.36. The first kappa shape index (κ1) is 15.6. The van der Waals surface area contributed by atoms with E-state index in [0.29, 0.717) is 6.04 Å². The molecular weight excluding hydrogens is 260 g/mol. The average molecular weight is 286 g/mol. The first-order chi connectivity index (χ1) is 10.1. The number of fused-ring (bicyclic) bond motifs is 1. The fourth-order valence-electron chi connectivity index (χ4n) is 2.92. The maximum absolute atomic E-state index is 11.5. The molecule has 2 atom stereocenters. The summed E-state index contributed by atoms with van der Waals surface area (Å²) >= 11 is 0. The monoisotopic (exact) mass is 286 g/mol. The number of nitrogens with two attached hydrogens (primary N) is 1. The number of benzene rings is 1.